The minimum atomic E-state index is -1.08. The van der Waals surface area contributed by atoms with Crippen molar-refractivity contribution in [1.82, 2.24) is 4.90 Å². The molecule has 84 valence electrons. The van der Waals surface area contributed by atoms with Crippen molar-refractivity contribution in [2.75, 3.05) is 0 Å². The maximum absolute atomic E-state index is 11.6. The normalized spacial score (nSPS) is 33.4. The molecule has 2 aliphatic heterocycles. The molecule has 0 aromatic carbocycles. The summed E-state index contributed by atoms with van der Waals surface area (Å²) in [5, 5.41) is 18.3. The average molecular weight is 235 g/mol. The zero-order valence-corrected chi connectivity index (χ0v) is 8.54. The number of nitrogens with zero attached hydrogens (tertiary/aromatic N) is 1. The van der Waals surface area contributed by atoms with Crippen LogP contribution in [0.3, 0.4) is 0 Å². The van der Waals surface area contributed by atoms with Gasteiger partial charge < -0.3 is 15.1 Å². The zero-order valence-electron chi connectivity index (χ0n) is 8.54. The van der Waals surface area contributed by atoms with E-state index in [-0.39, 0.29) is 53.1 Å². The summed E-state index contributed by atoms with van der Waals surface area (Å²) in [6.45, 7) is 3.42. The van der Waals surface area contributed by atoms with Crippen molar-refractivity contribution >= 4 is 41.4 Å². The van der Waals surface area contributed by atoms with E-state index in [1.807, 2.05) is 6.92 Å². The van der Waals surface area contributed by atoms with Crippen molar-refractivity contribution in [2.45, 2.75) is 26.0 Å². The van der Waals surface area contributed by atoms with Gasteiger partial charge in [-0.25, -0.2) is 4.79 Å². The Morgan fingerprint density at radius 1 is 1.56 bits per heavy atom. The third-order valence-electron chi connectivity index (χ3n) is 3.15. The number of carboxylic acid groups (broad SMARTS) is 1. The van der Waals surface area contributed by atoms with Gasteiger partial charge >= 0.3 is 35.5 Å². The molecule has 1 amide bonds. The van der Waals surface area contributed by atoms with Crippen LogP contribution in [0.2, 0.25) is 0 Å². The van der Waals surface area contributed by atoms with E-state index in [1.54, 1.807) is 13.0 Å². The van der Waals surface area contributed by atoms with Gasteiger partial charge in [0.25, 0.3) is 0 Å². The molecule has 6 heteroatoms. The standard InChI is InChI=1S/C10H13NO4.Na.H/c1-4-3-6(10(14)15)11-8(4)7(5(2)12)9(11)13;;/h3-5,7-8,12H,1-2H3,(H,14,15);;. The van der Waals surface area contributed by atoms with Crippen LogP contribution in [0, 0.1) is 11.8 Å². The first-order chi connectivity index (χ1) is 6.95. The molecule has 0 spiro atoms. The number of fused-ring (bicyclic) bond motifs is 1. The predicted molar refractivity (Wildman–Crippen MR) is 57.8 cm³/mol. The van der Waals surface area contributed by atoms with Crippen LogP contribution in [0.25, 0.3) is 0 Å². The van der Waals surface area contributed by atoms with E-state index in [0.29, 0.717) is 0 Å². The molecule has 2 N–H and O–H groups in total. The third kappa shape index (κ3) is 1.72. The Balaban J connectivity index is 0.00000128. The van der Waals surface area contributed by atoms with E-state index in [0.717, 1.165) is 0 Å². The van der Waals surface area contributed by atoms with Gasteiger partial charge in [-0.15, -0.1) is 0 Å². The molecular formula is C10H14NNaO4. The fraction of sp³-hybridized carbons (Fsp3) is 0.600. The Hall–Kier alpha value is -0.360. The number of aliphatic hydroxyl groups excluding tert-OH is 1. The number of hydrogen-bond donors (Lipinski definition) is 2. The van der Waals surface area contributed by atoms with E-state index >= 15 is 0 Å². The molecule has 1 saturated heterocycles. The molecule has 1 fully saturated rings. The Kier molecular flexibility index (Phi) is 3.84. The van der Waals surface area contributed by atoms with Gasteiger partial charge in [-0.3, -0.25) is 4.79 Å². The molecule has 2 heterocycles. The monoisotopic (exact) mass is 235 g/mol. The van der Waals surface area contributed by atoms with Crippen LogP contribution >= 0.6 is 0 Å². The summed E-state index contributed by atoms with van der Waals surface area (Å²) in [6.07, 6.45) is 0.857. The van der Waals surface area contributed by atoms with Crippen LogP contribution in [0.5, 0.6) is 0 Å². The first kappa shape index (κ1) is 13.7. The van der Waals surface area contributed by atoms with E-state index in [1.165, 1.54) is 4.90 Å². The number of carboxylic acids is 1. The second-order valence-corrected chi connectivity index (χ2v) is 4.18. The SMILES string of the molecule is CC(O)C1C(=O)N2C(C(=O)O)=CC(C)C12.[NaH]. The molecule has 2 rings (SSSR count). The first-order valence-corrected chi connectivity index (χ1v) is 4.91. The zero-order chi connectivity index (χ0) is 11.3. The van der Waals surface area contributed by atoms with Crippen LogP contribution in [0.1, 0.15) is 13.8 Å². The molecule has 0 aromatic rings. The van der Waals surface area contributed by atoms with Crippen LogP contribution in [0.4, 0.5) is 0 Å². The summed E-state index contributed by atoms with van der Waals surface area (Å²) in [5.74, 6) is -1.82. The van der Waals surface area contributed by atoms with Gasteiger partial charge in [0.1, 0.15) is 5.70 Å². The van der Waals surface area contributed by atoms with Gasteiger partial charge in [0.15, 0.2) is 0 Å². The molecule has 5 nitrogen and oxygen atoms in total. The fourth-order valence-corrected chi connectivity index (χ4v) is 2.47. The van der Waals surface area contributed by atoms with Gasteiger partial charge in [0.05, 0.1) is 18.1 Å². The summed E-state index contributed by atoms with van der Waals surface area (Å²) < 4.78 is 0. The van der Waals surface area contributed by atoms with Crippen LogP contribution in [-0.2, 0) is 9.59 Å². The second-order valence-electron chi connectivity index (χ2n) is 4.18. The maximum atomic E-state index is 11.6. The Labute approximate surface area is 115 Å². The average Bonchev–Trinajstić information content (AvgIpc) is 2.38. The summed E-state index contributed by atoms with van der Waals surface area (Å²) in [4.78, 5) is 23.7. The van der Waals surface area contributed by atoms with Crippen molar-refractivity contribution in [3.63, 3.8) is 0 Å². The second kappa shape index (κ2) is 4.49. The van der Waals surface area contributed by atoms with Gasteiger partial charge in [0.2, 0.25) is 5.91 Å². The van der Waals surface area contributed by atoms with Gasteiger partial charge in [0, 0.05) is 0 Å². The van der Waals surface area contributed by atoms with Crippen molar-refractivity contribution in [1.29, 1.82) is 0 Å². The molecule has 0 bridgehead atoms. The number of carbonyl (C=O) groups is 2. The molecule has 2 aliphatic rings. The van der Waals surface area contributed by atoms with E-state index in [2.05, 4.69) is 0 Å². The molecule has 4 atom stereocenters. The van der Waals surface area contributed by atoms with Crippen molar-refractivity contribution in [3.05, 3.63) is 11.8 Å². The third-order valence-corrected chi connectivity index (χ3v) is 3.15. The van der Waals surface area contributed by atoms with E-state index in [9.17, 15) is 14.7 Å². The van der Waals surface area contributed by atoms with Crippen LogP contribution < -0.4 is 0 Å². The number of carbonyl (C=O) groups excluding carboxylic acids is 1. The Morgan fingerprint density at radius 2 is 2.12 bits per heavy atom. The minimum absolute atomic E-state index is 0. The van der Waals surface area contributed by atoms with Gasteiger partial charge in [-0.1, -0.05) is 6.92 Å². The summed E-state index contributed by atoms with van der Waals surface area (Å²) in [5.41, 5.74) is 0.0504. The summed E-state index contributed by atoms with van der Waals surface area (Å²) >= 11 is 0. The Bertz CT molecular complexity index is 366. The molecule has 0 saturated carbocycles. The Morgan fingerprint density at radius 3 is 2.56 bits per heavy atom. The van der Waals surface area contributed by atoms with E-state index < -0.39 is 18.0 Å². The number of β-lactam (4-membered cyclic amide) rings is 1. The molecule has 0 aliphatic carbocycles. The van der Waals surface area contributed by atoms with Crippen molar-refractivity contribution < 1.29 is 19.8 Å². The van der Waals surface area contributed by atoms with Crippen LogP contribution in [-0.4, -0.2) is 68.7 Å². The van der Waals surface area contributed by atoms with Gasteiger partial charge in [-0.2, -0.15) is 0 Å². The molecule has 0 aromatic heterocycles. The quantitative estimate of drug-likeness (QED) is 0.483. The molecule has 0 radical (unpaired) electrons. The number of rotatable bonds is 2. The van der Waals surface area contributed by atoms with Crippen molar-refractivity contribution in [3.8, 4) is 0 Å². The topological polar surface area (TPSA) is 77.8 Å². The number of aliphatic hydroxyl groups is 1. The summed E-state index contributed by atoms with van der Waals surface area (Å²) in [7, 11) is 0. The molecular weight excluding hydrogens is 221 g/mol. The number of amides is 1. The number of aliphatic carboxylic acids is 1. The van der Waals surface area contributed by atoms with E-state index in [4.69, 9.17) is 5.11 Å². The molecule has 4 unspecified atom stereocenters. The summed E-state index contributed by atoms with van der Waals surface area (Å²) in [6, 6.07) is -0.177. The number of hydrogen-bond acceptors (Lipinski definition) is 3. The van der Waals surface area contributed by atoms with Crippen molar-refractivity contribution in [2.24, 2.45) is 11.8 Å². The predicted octanol–water partition coefficient (Wildman–Crippen LogP) is -0.836. The molecule has 16 heavy (non-hydrogen) atoms. The van der Waals surface area contributed by atoms with Crippen LogP contribution in [0.15, 0.2) is 11.8 Å². The first-order valence-electron chi connectivity index (χ1n) is 4.91. The fourth-order valence-electron chi connectivity index (χ4n) is 2.47. The van der Waals surface area contributed by atoms with Gasteiger partial charge in [-0.05, 0) is 18.9 Å².